The molecular formula is C10H11FN. The molecule has 0 aromatic heterocycles. The monoisotopic (exact) mass is 164 g/mol. The summed E-state index contributed by atoms with van der Waals surface area (Å²) < 4.78 is 12.7. The normalized spacial score (nSPS) is 16.9. The SMILES string of the molecule is Fc1[c]ccc(N2CCCC2)c1. The minimum Gasteiger partial charge on any atom is -0.371 e. The second kappa shape index (κ2) is 3.13. The summed E-state index contributed by atoms with van der Waals surface area (Å²) in [5.74, 6) is -0.264. The zero-order chi connectivity index (χ0) is 8.39. The Kier molecular flexibility index (Phi) is 1.98. The van der Waals surface area contributed by atoms with Gasteiger partial charge in [0.15, 0.2) is 0 Å². The van der Waals surface area contributed by atoms with Crippen LogP contribution in [0.1, 0.15) is 12.8 Å². The lowest BCUT2D eigenvalue weighted by Gasteiger charge is -2.16. The van der Waals surface area contributed by atoms with E-state index in [1.54, 1.807) is 12.1 Å². The van der Waals surface area contributed by atoms with Gasteiger partial charge in [0, 0.05) is 24.8 Å². The molecular weight excluding hydrogens is 153 g/mol. The quantitative estimate of drug-likeness (QED) is 0.615. The summed E-state index contributed by atoms with van der Waals surface area (Å²) in [6, 6.07) is 7.60. The van der Waals surface area contributed by atoms with E-state index in [1.165, 1.54) is 12.8 Å². The maximum atomic E-state index is 12.7. The van der Waals surface area contributed by atoms with Crippen LogP contribution in [0.15, 0.2) is 18.2 Å². The highest BCUT2D eigenvalue weighted by Gasteiger charge is 2.11. The third-order valence-corrected chi connectivity index (χ3v) is 2.22. The molecule has 1 saturated heterocycles. The summed E-state index contributed by atoms with van der Waals surface area (Å²) >= 11 is 0. The number of nitrogens with zero attached hydrogens (tertiary/aromatic N) is 1. The van der Waals surface area contributed by atoms with Crippen LogP contribution >= 0.6 is 0 Å². The summed E-state index contributed by atoms with van der Waals surface area (Å²) in [5, 5.41) is 0. The molecule has 1 fully saturated rings. The molecule has 1 aromatic carbocycles. The first-order chi connectivity index (χ1) is 5.86. The van der Waals surface area contributed by atoms with Gasteiger partial charge in [-0.2, -0.15) is 0 Å². The molecule has 1 radical (unpaired) electrons. The van der Waals surface area contributed by atoms with Crippen LogP contribution in [0.4, 0.5) is 10.1 Å². The van der Waals surface area contributed by atoms with Crippen molar-refractivity contribution in [1.29, 1.82) is 0 Å². The van der Waals surface area contributed by atoms with Crippen LogP contribution in [0.25, 0.3) is 0 Å². The van der Waals surface area contributed by atoms with Crippen LogP contribution in [-0.2, 0) is 0 Å². The number of hydrogen-bond acceptors (Lipinski definition) is 1. The average molecular weight is 164 g/mol. The molecule has 2 rings (SSSR count). The van der Waals surface area contributed by atoms with Gasteiger partial charge in [-0.3, -0.25) is 0 Å². The van der Waals surface area contributed by atoms with Crippen molar-refractivity contribution in [3.05, 3.63) is 30.1 Å². The molecule has 0 spiro atoms. The van der Waals surface area contributed by atoms with Crippen molar-refractivity contribution < 1.29 is 4.39 Å². The predicted octanol–water partition coefficient (Wildman–Crippen LogP) is 2.23. The van der Waals surface area contributed by atoms with E-state index in [1.807, 2.05) is 6.07 Å². The molecule has 1 aliphatic rings. The third kappa shape index (κ3) is 1.42. The van der Waals surface area contributed by atoms with Gasteiger partial charge < -0.3 is 4.90 Å². The van der Waals surface area contributed by atoms with Gasteiger partial charge in [0.25, 0.3) is 0 Å². The van der Waals surface area contributed by atoms with E-state index in [0.717, 1.165) is 18.8 Å². The van der Waals surface area contributed by atoms with Crippen molar-refractivity contribution in [2.45, 2.75) is 12.8 Å². The molecule has 1 nitrogen and oxygen atoms in total. The maximum absolute atomic E-state index is 12.7. The fourth-order valence-electron chi connectivity index (χ4n) is 1.60. The topological polar surface area (TPSA) is 3.24 Å². The minimum atomic E-state index is -0.264. The van der Waals surface area contributed by atoms with Gasteiger partial charge in [-0.05, 0) is 31.0 Å². The molecule has 1 aromatic rings. The molecule has 0 aliphatic carbocycles. The molecule has 0 N–H and O–H groups in total. The zero-order valence-electron chi connectivity index (χ0n) is 6.89. The van der Waals surface area contributed by atoms with Crippen molar-refractivity contribution in [1.82, 2.24) is 0 Å². The fraction of sp³-hybridized carbons (Fsp3) is 0.400. The van der Waals surface area contributed by atoms with Gasteiger partial charge in [0.05, 0.1) is 0 Å². The van der Waals surface area contributed by atoms with Gasteiger partial charge in [-0.25, -0.2) is 4.39 Å². The molecule has 0 saturated carbocycles. The Balaban J connectivity index is 2.21. The van der Waals surface area contributed by atoms with Gasteiger partial charge in [0.2, 0.25) is 0 Å². The number of benzene rings is 1. The Morgan fingerprint density at radius 3 is 2.75 bits per heavy atom. The molecule has 63 valence electrons. The van der Waals surface area contributed by atoms with Crippen molar-refractivity contribution in [2.75, 3.05) is 18.0 Å². The number of hydrogen-bond donors (Lipinski definition) is 0. The van der Waals surface area contributed by atoms with Gasteiger partial charge in [0.1, 0.15) is 5.82 Å². The summed E-state index contributed by atoms with van der Waals surface area (Å²) in [5.41, 5.74) is 0.990. The van der Waals surface area contributed by atoms with E-state index in [9.17, 15) is 4.39 Å². The molecule has 1 aliphatic heterocycles. The second-order valence-electron chi connectivity index (χ2n) is 3.09. The Labute approximate surface area is 71.8 Å². The lowest BCUT2D eigenvalue weighted by atomic mass is 10.3. The van der Waals surface area contributed by atoms with Crippen LogP contribution in [0, 0.1) is 11.9 Å². The van der Waals surface area contributed by atoms with E-state index >= 15 is 0 Å². The van der Waals surface area contributed by atoms with E-state index in [0.29, 0.717) is 0 Å². The van der Waals surface area contributed by atoms with Crippen LogP contribution < -0.4 is 4.90 Å². The standard InChI is InChI=1S/C10H11FN/c11-9-4-3-5-10(8-9)12-6-1-2-7-12/h3,5,8H,1-2,6-7H2. The summed E-state index contributed by atoms with van der Waals surface area (Å²) in [6.45, 7) is 2.12. The minimum absolute atomic E-state index is 0.264. The largest absolute Gasteiger partial charge is 0.371 e. The lowest BCUT2D eigenvalue weighted by Crippen LogP contribution is -2.17. The first kappa shape index (κ1) is 7.59. The van der Waals surface area contributed by atoms with E-state index in [4.69, 9.17) is 0 Å². The Morgan fingerprint density at radius 2 is 2.08 bits per heavy atom. The first-order valence-electron chi connectivity index (χ1n) is 4.28. The van der Waals surface area contributed by atoms with Gasteiger partial charge in [-0.15, -0.1) is 0 Å². The zero-order valence-corrected chi connectivity index (χ0v) is 6.89. The van der Waals surface area contributed by atoms with Crippen molar-refractivity contribution >= 4 is 5.69 Å². The highest BCUT2D eigenvalue weighted by atomic mass is 19.1. The van der Waals surface area contributed by atoms with Crippen LogP contribution in [0.2, 0.25) is 0 Å². The molecule has 1 heterocycles. The predicted molar refractivity (Wildman–Crippen MR) is 46.7 cm³/mol. The number of rotatable bonds is 1. The molecule has 2 heteroatoms. The fourth-order valence-corrected chi connectivity index (χ4v) is 1.60. The molecule has 0 bridgehead atoms. The van der Waals surface area contributed by atoms with Crippen molar-refractivity contribution in [3.63, 3.8) is 0 Å². The first-order valence-corrected chi connectivity index (χ1v) is 4.28. The summed E-state index contributed by atoms with van der Waals surface area (Å²) in [7, 11) is 0. The Morgan fingerprint density at radius 1 is 1.33 bits per heavy atom. The van der Waals surface area contributed by atoms with Crippen molar-refractivity contribution in [2.24, 2.45) is 0 Å². The molecule has 0 atom stereocenters. The van der Waals surface area contributed by atoms with Crippen LogP contribution in [0.5, 0.6) is 0 Å². The Hall–Kier alpha value is -1.05. The highest BCUT2D eigenvalue weighted by Crippen LogP contribution is 2.19. The van der Waals surface area contributed by atoms with Crippen LogP contribution in [-0.4, -0.2) is 13.1 Å². The second-order valence-corrected chi connectivity index (χ2v) is 3.09. The third-order valence-electron chi connectivity index (χ3n) is 2.22. The number of anilines is 1. The van der Waals surface area contributed by atoms with E-state index in [-0.39, 0.29) is 5.82 Å². The van der Waals surface area contributed by atoms with Crippen LogP contribution in [0.3, 0.4) is 0 Å². The maximum Gasteiger partial charge on any atom is 0.133 e. The lowest BCUT2D eigenvalue weighted by molar-refractivity contribution is 0.625. The van der Waals surface area contributed by atoms with Gasteiger partial charge >= 0.3 is 0 Å². The molecule has 0 unspecified atom stereocenters. The molecule has 12 heavy (non-hydrogen) atoms. The van der Waals surface area contributed by atoms with Gasteiger partial charge in [-0.1, -0.05) is 0 Å². The van der Waals surface area contributed by atoms with E-state index in [2.05, 4.69) is 11.0 Å². The average Bonchev–Trinajstić information content (AvgIpc) is 2.56. The molecule has 0 amide bonds. The van der Waals surface area contributed by atoms with E-state index < -0.39 is 0 Å². The summed E-state index contributed by atoms with van der Waals surface area (Å²) in [4.78, 5) is 2.21. The Bertz CT molecular complexity index is 266. The smallest absolute Gasteiger partial charge is 0.133 e. The van der Waals surface area contributed by atoms with Crippen molar-refractivity contribution in [3.8, 4) is 0 Å². The number of halogens is 1. The highest BCUT2D eigenvalue weighted by molar-refractivity contribution is 5.46. The summed E-state index contributed by atoms with van der Waals surface area (Å²) in [6.07, 6.45) is 2.44.